The van der Waals surface area contributed by atoms with Crippen LogP contribution in [0.2, 0.25) is 36.3 Å². The Kier molecular flexibility index (Phi) is 12.9. The van der Waals surface area contributed by atoms with Gasteiger partial charge >= 0.3 is 0 Å². The Labute approximate surface area is 288 Å². The number of rotatable bonds is 13. The number of ether oxygens (including phenoxy) is 2. The molecule has 47 heavy (non-hydrogen) atoms. The molecule has 1 saturated carbocycles. The third-order valence-electron chi connectivity index (χ3n) is 10.6. The number of hydrogen-bond donors (Lipinski definition) is 1. The van der Waals surface area contributed by atoms with E-state index in [-0.39, 0.29) is 40.5 Å². The van der Waals surface area contributed by atoms with Crippen molar-refractivity contribution in [2.75, 3.05) is 0 Å². The average Bonchev–Trinajstić information content (AvgIpc) is 3.13. The highest BCUT2D eigenvalue weighted by Crippen LogP contribution is 2.43. The highest BCUT2D eigenvalue weighted by molar-refractivity contribution is 6.74. The summed E-state index contributed by atoms with van der Waals surface area (Å²) in [6.45, 7) is 25.0. The maximum absolute atomic E-state index is 7.38. The Morgan fingerprint density at radius 2 is 0.894 bits per heavy atom. The van der Waals surface area contributed by atoms with Gasteiger partial charge < -0.3 is 23.6 Å². The lowest BCUT2D eigenvalue weighted by atomic mass is 10.0. The molecule has 258 valence electrons. The van der Waals surface area contributed by atoms with Gasteiger partial charge in [-0.3, -0.25) is 0 Å². The van der Waals surface area contributed by atoms with E-state index in [1.165, 1.54) is 5.56 Å². The predicted octanol–water partition coefficient (Wildman–Crippen LogP) is 9.89. The van der Waals surface area contributed by atoms with Gasteiger partial charge in [0.25, 0.3) is 0 Å². The maximum atomic E-state index is 7.38. The Bertz CT molecular complexity index is 1260. The van der Waals surface area contributed by atoms with Gasteiger partial charge in [0.1, 0.15) is 12.2 Å². The van der Waals surface area contributed by atoms with Crippen LogP contribution in [0.4, 0.5) is 0 Å². The summed E-state index contributed by atoms with van der Waals surface area (Å²) in [7, 11) is -4.38. The molecule has 0 unspecified atom stereocenters. The average molecular weight is 676 g/mol. The van der Waals surface area contributed by atoms with Gasteiger partial charge in [-0.25, -0.2) is 0 Å². The zero-order valence-electron chi connectivity index (χ0n) is 30.7. The maximum Gasteiger partial charge on any atom is 0.192 e. The molecule has 4 atom stereocenters. The lowest BCUT2D eigenvalue weighted by Gasteiger charge is -2.44. The fourth-order valence-corrected chi connectivity index (χ4v) is 8.33. The Balaban J connectivity index is 1.78. The summed E-state index contributed by atoms with van der Waals surface area (Å²) in [5, 5.41) is 4.03. The molecule has 0 aromatic heterocycles. The first-order valence-corrected chi connectivity index (χ1v) is 23.3. The van der Waals surface area contributed by atoms with Crippen LogP contribution in [0.5, 0.6) is 0 Å². The van der Waals surface area contributed by atoms with Crippen LogP contribution < -0.4 is 5.32 Å². The first kappa shape index (κ1) is 37.7. The topological polar surface area (TPSA) is 49.0 Å². The number of benzene rings is 3. The zero-order valence-corrected chi connectivity index (χ0v) is 32.7. The highest BCUT2D eigenvalue weighted by Gasteiger charge is 2.50. The second kappa shape index (κ2) is 16.1. The summed E-state index contributed by atoms with van der Waals surface area (Å²) in [6.07, 6.45) is 0.684. The van der Waals surface area contributed by atoms with Gasteiger partial charge in [0.15, 0.2) is 16.6 Å². The zero-order chi connectivity index (χ0) is 34.3. The molecule has 1 aliphatic rings. The number of nitrogens with one attached hydrogen (secondary N) is 1. The van der Waals surface area contributed by atoms with E-state index in [0.717, 1.165) is 30.5 Å². The lowest BCUT2D eigenvalue weighted by molar-refractivity contribution is -0.153. The number of hydrogen-bond acceptors (Lipinski definition) is 5. The fraction of sp³-hybridized carbons (Fsp3) is 0.550. The first-order valence-electron chi connectivity index (χ1n) is 17.5. The molecular weight excluding hydrogens is 615 g/mol. The molecule has 7 heteroatoms. The van der Waals surface area contributed by atoms with Gasteiger partial charge in [-0.2, -0.15) is 0 Å². The quantitative estimate of drug-likeness (QED) is 0.144. The van der Waals surface area contributed by atoms with Crippen molar-refractivity contribution in [3.63, 3.8) is 0 Å². The third-order valence-corrected chi connectivity index (χ3v) is 19.6. The van der Waals surface area contributed by atoms with Gasteiger partial charge in [0.05, 0.1) is 25.4 Å². The molecule has 0 spiro atoms. The standard InChI is InChI=1S/C40H61NO4Si2/c1-39(2,3)46(7,8)44-35-26-34(41-28-31-20-14-11-15-21-31)27-36(45-47(9,10)40(4,5)6)38(43-30-33-24-18-13-19-25-33)37(35)42-29-32-22-16-12-17-23-32/h11-25,34-38,41H,26-30H2,1-10H3/t35-,36-,37+,38+/m0/s1. The van der Waals surface area contributed by atoms with Crippen molar-refractivity contribution in [2.45, 2.75) is 141 Å². The smallest absolute Gasteiger partial charge is 0.192 e. The van der Waals surface area contributed by atoms with Crippen LogP contribution >= 0.6 is 0 Å². The van der Waals surface area contributed by atoms with Crippen molar-refractivity contribution < 1.29 is 18.3 Å². The van der Waals surface area contributed by atoms with E-state index in [9.17, 15) is 0 Å². The molecule has 3 aromatic carbocycles. The monoisotopic (exact) mass is 675 g/mol. The third kappa shape index (κ3) is 10.7. The van der Waals surface area contributed by atoms with E-state index in [0.29, 0.717) is 13.2 Å². The molecule has 1 fully saturated rings. The largest absolute Gasteiger partial charge is 0.411 e. The lowest BCUT2D eigenvalue weighted by Crippen LogP contribution is -2.55. The minimum absolute atomic E-state index is 0.0493. The van der Waals surface area contributed by atoms with E-state index >= 15 is 0 Å². The van der Waals surface area contributed by atoms with Crippen molar-refractivity contribution in [1.82, 2.24) is 5.32 Å². The van der Waals surface area contributed by atoms with Gasteiger partial charge in [0, 0.05) is 12.6 Å². The SMILES string of the molecule is CC(C)(C)[Si](C)(C)O[C@H]1CC(NCc2ccccc2)C[C@H](O[Si](C)(C)C(C)(C)C)[C@@H](OCc2ccccc2)[C@@H]1OCc1ccccc1. The van der Waals surface area contributed by atoms with Gasteiger partial charge in [-0.1, -0.05) is 133 Å². The summed E-state index contributed by atoms with van der Waals surface area (Å²) in [5.74, 6) is 0. The summed E-state index contributed by atoms with van der Waals surface area (Å²) in [6, 6.07) is 31.8. The molecule has 0 aliphatic heterocycles. The van der Waals surface area contributed by atoms with E-state index in [2.05, 4.69) is 164 Å². The molecule has 4 rings (SSSR count). The summed E-state index contributed by atoms with van der Waals surface area (Å²) in [4.78, 5) is 0. The van der Waals surface area contributed by atoms with Crippen LogP contribution in [0.3, 0.4) is 0 Å². The van der Waals surface area contributed by atoms with Crippen LogP contribution in [0.15, 0.2) is 91.0 Å². The van der Waals surface area contributed by atoms with Crippen LogP contribution in [-0.2, 0) is 38.1 Å². The van der Waals surface area contributed by atoms with Crippen LogP contribution in [0.1, 0.15) is 71.1 Å². The van der Waals surface area contributed by atoms with E-state index in [1.54, 1.807) is 0 Å². The molecule has 0 heterocycles. The van der Waals surface area contributed by atoms with E-state index < -0.39 is 16.6 Å². The Hall–Kier alpha value is -2.11. The molecule has 0 amide bonds. The van der Waals surface area contributed by atoms with Crippen LogP contribution in [0.25, 0.3) is 0 Å². The fourth-order valence-electron chi connectivity index (χ4n) is 5.65. The highest BCUT2D eigenvalue weighted by atomic mass is 28.4. The summed E-state index contributed by atoms with van der Waals surface area (Å²) >= 11 is 0. The molecule has 5 nitrogen and oxygen atoms in total. The molecule has 0 saturated heterocycles. The van der Waals surface area contributed by atoms with Crippen molar-refractivity contribution in [2.24, 2.45) is 0 Å². The van der Waals surface area contributed by atoms with E-state index in [4.69, 9.17) is 18.3 Å². The van der Waals surface area contributed by atoms with Gasteiger partial charge in [-0.15, -0.1) is 0 Å². The molecule has 0 radical (unpaired) electrons. The molecule has 3 aromatic rings. The van der Waals surface area contributed by atoms with Gasteiger partial charge in [-0.05, 0) is 65.8 Å². The summed E-state index contributed by atoms with van der Waals surface area (Å²) in [5.41, 5.74) is 3.56. The molecular formula is C40H61NO4Si2. The predicted molar refractivity (Wildman–Crippen MR) is 200 cm³/mol. The van der Waals surface area contributed by atoms with Crippen molar-refractivity contribution in [3.8, 4) is 0 Å². The minimum atomic E-state index is -2.19. The minimum Gasteiger partial charge on any atom is -0.411 e. The van der Waals surface area contributed by atoms with Crippen LogP contribution in [0, 0.1) is 0 Å². The molecule has 1 N–H and O–H groups in total. The van der Waals surface area contributed by atoms with E-state index in [1.807, 2.05) is 0 Å². The normalized spacial score (nSPS) is 21.8. The summed E-state index contributed by atoms with van der Waals surface area (Å²) < 4.78 is 28.9. The second-order valence-electron chi connectivity index (χ2n) is 16.4. The molecule has 0 bridgehead atoms. The first-order chi connectivity index (χ1) is 22.1. The Morgan fingerprint density at radius 3 is 1.23 bits per heavy atom. The van der Waals surface area contributed by atoms with Crippen molar-refractivity contribution in [3.05, 3.63) is 108 Å². The Morgan fingerprint density at radius 1 is 0.553 bits per heavy atom. The molecule has 1 aliphatic carbocycles. The van der Waals surface area contributed by atoms with Gasteiger partial charge in [0.2, 0.25) is 0 Å². The van der Waals surface area contributed by atoms with Crippen molar-refractivity contribution in [1.29, 1.82) is 0 Å². The van der Waals surface area contributed by atoms with Crippen molar-refractivity contribution >= 4 is 16.6 Å². The van der Waals surface area contributed by atoms with Crippen LogP contribution in [-0.4, -0.2) is 47.1 Å². The second-order valence-corrected chi connectivity index (χ2v) is 25.9.